The number of hydrogen-bond acceptors (Lipinski definition) is 2. The average Bonchev–Trinajstić information content (AvgIpc) is 2.37. The molecule has 0 atom stereocenters. The minimum atomic E-state index is 0.0242. The van der Waals surface area contributed by atoms with Crippen LogP contribution in [0, 0.1) is 0 Å². The van der Waals surface area contributed by atoms with Crippen LogP contribution in [-0.4, -0.2) is 5.78 Å². The van der Waals surface area contributed by atoms with Gasteiger partial charge >= 0.3 is 0 Å². The number of ether oxygens (including phenoxy) is 1. The molecule has 0 aliphatic carbocycles. The van der Waals surface area contributed by atoms with Crippen molar-refractivity contribution < 1.29 is 9.53 Å². The third-order valence-electron chi connectivity index (χ3n) is 2.64. The zero-order valence-corrected chi connectivity index (χ0v) is 12.7. The molecule has 0 amide bonds. The van der Waals surface area contributed by atoms with Crippen LogP contribution >= 0.6 is 27.5 Å². The van der Waals surface area contributed by atoms with E-state index in [1.165, 1.54) is 6.92 Å². The van der Waals surface area contributed by atoms with Gasteiger partial charge in [0.25, 0.3) is 0 Å². The van der Waals surface area contributed by atoms with Crippen LogP contribution in [0.3, 0.4) is 0 Å². The van der Waals surface area contributed by atoms with Crippen LogP contribution in [0.5, 0.6) is 5.75 Å². The molecule has 2 rings (SSSR count). The topological polar surface area (TPSA) is 26.3 Å². The molecule has 2 aromatic carbocycles. The Hall–Kier alpha value is -1.32. The highest BCUT2D eigenvalue weighted by molar-refractivity contribution is 9.10. The zero-order valence-electron chi connectivity index (χ0n) is 10.3. The van der Waals surface area contributed by atoms with Crippen molar-refractivity contribution in [2.45, 2.75) is 13.5 Å². The zero-order chi connectivity index (χ0) is 13.8. The van der Waals surface area contributed by atoms with E-state index >= 15 is 0 Å². The number of benzene rings is 2. The van der Waals surface area contributed by atoms with Gasteiger partial charge in [-0.25, -0.2) is 0 Å². The van der Waals surface area contributed by atoms with Gasteiger partial charge in [-0.3, -0.25) is 4.79 Å². The predicted molar refractivity (Wildman–Crippen MR) is 79.9 cm³/mol. The quantitative estimate of drug-likeness (QED) is 0.742. The maximum absolute atomic E-state index is 11.3. The molecule has 0 fully saturated rings. The second-order valence-electron chi connectivity index (χ2n) is 4.11. The first-order chi connectivity index (χ1) is 9.06. The Morgan fingerprint density at radius 1 is 1.21 bits per heavy atom. The number of hydrogen-bond donors (Lipinski definition) is 0. The van der Waals surface area contributed by atoms with Crippen LogP contribution in [0.2, 0.25) is 5.02 Å². The molecule has 0 radical (unpaired) electrons. The first-order valence-electron chi connectivity index (χ1n) is 5.74. The number of halogens is 2. The van der Waals surface area contributed by atoms with Crippen molar-refractivity contribution >= 4 is 33.3 Å². The van der Waals surface area contributed by atoms with Crippen molar-refractivity contribution in [2.24, 2.45) is 0 Å². The molecule has 0 N–H and O–H groups in total. The predicted octanol–water partition coefficient (Wildman–Crippen LogP) is 4.88. The highest BCUT2D eigenvalue weighted by Crippen LogP contribution is 2.24. The van der Waals surface area contributed by atoms with Crippen LogP contribution < -0.4 is 4.74 Å². The van der Waals surface area contributed by atoms with Gasteiger partial charge in [0.05, 0.1) is 0 Å². The van der Waals surface area contributed by atoms with Crippen molar-refractivity contribution in [3.8, 4) is 5.75 Å². The van der Waals surface area contributed by atoms with Crippen LogP contribution in [0.1, 0.15) is 22.8 Å². The number of ketones is 1. The summed E-state index contributed by atoms with van der Waals surface area (Å²) in [6.07, 6.45) is 0. The molecular weight excluding hydrogens is 328 g/mol. The molecule has 4 heteroatoms. The Morgan fingerprint density at radius 3 is 2.47 bits per heavy atom. The number of carbonyl (C=O) groups is 1. The molecule has 0 saturated carbocycles. The van der Waals surface area contributed by atoms with Crippen molar-refractivity contribution in [1.82, 2.24) is 0 Å². The van der Waals surface area contributed by atoms with Crippen LogP contribution in [-0.2, 0) is 6.61 Å². The van der Waals surface area contributed by atoms with Crippen molar-refractivity contribution in [3.63, 3.8) is 0 Å². The maximum Gasteiger partial charge on any atom is 0.160 e. The van der Waals surface area contributed by atoms with Crippen LogP contribution in [0.4, 0.5) is 0 Å². The van der Waals surface area contributed by atoms with Gasteiger partial charge in [0.2, 0.25) is 0 Å². The molecule has 98 valence electrons. The Labute approximate surface area is 125 Å². The molecule has 2 nitrogen and oxygen atoms in total. The number of Topliss-reactive ketones (excluding diaryl/α,β-unsaturated/α-hetero) is 1. The summed E-state index contributed by atoms with van der Waals surface area (Å²) in [6, 6.07) is 12.8. The van der Waals surface area contributed by atoms with Gasteiger partial charge in [-0.2, -0.15) is 0 Å². The molecule has 0 aliphatic heterocycles. The standard InChI is InChI=1S/C15H12BrClO2/c1-10(18)14-7-6-13(8-15(14)16)19-9-11-2-4-12(17)5-3-11/h2-8H,9H2,1H3. The lowest BCUT2D eigenvalue weighted by atomic mass is 10.1. The number of carbonyl (C=O) groups excluding carboxylic acids is 1. The van der Waals surface area contributed by atoms with Gasteiger partial charge < -0.3 is 4.74 Å². The summed E-state index contributed by atoms with van der Waals surface area (Å²) in [7, 11) is 0. The first-order valence-corrected chi connectivity index (χ1v) is 6.91. The van der Waals surface area contributed by atoms with E-state index in [4.69, 9.17) is 16.3 Å². The summed E-state index contributed by atoms with van der Waals surface area (Å²) in [6.45, 7) is 2.00. The molecule has 0 heterocycles. The first kappa shape index (κ1) is 14.1. The van der Waals surface area contributed by atoms with Crippen LogP contribution in [0.15, 0.2) is 46.9 Å². The smallest absolute Gasteiger partial charge is 0.160 e. The minimum Gasteiger partial charge on any atom is -0.489 e. The largest absolute Gasteiger partial charge is 0.489 e. The summed E-state index contributed by atoms with van der Waals surface area (Å²) in [5.74, 6) is 0.739. The molecule has 19 heavy (non-hydrogen) atoms. The van der Waals surface area contributed by atoms with E-state index < -0.39 is 0 Å². The lowest BCUT2D eigenvalue weighted by molar-refractivity contribution is 0.101. The normalized spacial score (nSPS) is 10.3. The van der Waals surface area contributed by atoms with Crippen molar-refractivity contribution in [2.75, 3.05) is 0 Å². The SMILES string of the molecule is CC(=O)c1ccc(OCc2ccc(Cl)cc2)cc1Br. The average molecular weight is 340 g/mol. The summed E-state index contributed by atoms with van der Waals surface area (Å²) < 4.78 is 6.41. The second-order valence-corrected chi connectivity index (χ2v) is 5.40. The fraction of sp³-hybridized carbons (Fsp3) is 0.133. The van der Waals surface area contributed by atoms with Crippen LogP contribution in [0.25, 0.3) is 0 Å². The third-order valence-corrected chi connectivity index (χ3v) is 3.55. The Balaban J connectivity index is 2.06. The van der Waals surface area contributed by atoms with E-state index in [0.29, 0.717) is 22.9 Å². The van der Waals surface area contributed by atoms with Gasteiger partial charge in [0.1, 0.15) is 12.4 Å². The van der Waals surface area contributed by atoms with Gasteiger partial charge in [-0.1, -0.05) is 23.7 Å². The van der Waals surface area contributed by atoms with E-state index in [-0.39, 0.29) is 5.78 Å². The second kappa shape index (κ2) is 6.22. The highest BCUT2D eigenvalue weighted by Gasteiger charge is 2.06. The van der Waals surface area contributed by atoms with Gasteiger partial charge in [0.15, 0.2) is 5.78 Å². The van der Waals surface area contributed by atoms with Gasteiger partial charge in [-0.15, -0.1) is 0 Å². The van der Waals surface area contributed by atoms with E-state index in [1.54, 1.807) is 18.2 Å². The summed E-state index contributed by atoms with van der Waals surface area (Å²) >= 11 is 9.18. The van der Waals surface area contributed by atoms with E-state index in [0.717, 1.165) is 10.0 Å². The molecule has 0 saturated heterocycles. The lowest BCUT2D eigenvalue weighted by Crippen LogP contribution is -1.97. The fourth-order valence-corrected chi connectivity index (χ4v) is 2.38. The van der Waals surface area contributed by atoms with Crippen molar-refractivity contribution in [3.05, 3.63) is 63.1 Å². The monoisotopic (exact) mass is 338 g/mol. The molecule has 2 aromatic rings. The maximum atomic E-state index is 11.3. The van der Waals surface area contributed by atoms with Crippen molar-refractivity contribution in [1.29, 1.82) is 0 Å². The Bertz CT molecular complexity index is 594. The summed E-state index contributed by atoms with van der Waals surface area (Å²) in [5, 5.41) is 0.706. The van der Waals surface area contributed by atoms with Gasteiger partial charge in [-0.05, 0) is 58.7 Å². The van der Waals surface area contributed by atoms with E-state index in [2.05, 4.69) is 15.9 Å². The summed E-state index contributed by atoms with van der Waals surface area (Å²) in [5.41, 5.74) is 1.69. The Kier molecular flexibility index (Phi) is 4.61. The molecule has 0 aliphatic rings. The number of rotatable bonds is 4. The van der Waals surface area contributed by atoms with E-state index in [9.17, 15) is 4.79 Å². The lowest BCUT2D eigenvalue weighted by Gasteiger charge is -2.08. The van der Waals surface area contributed by atoms with Gasteiger partial charge in [0, 0.05) is 15.1 Å². The fourth-order valence-electron chi connectivity index (χ4n) is 1.62. The summed E-state index contributed by atoms with van der Waals surface area (Å²) in [4.78, 5) is 11.3. The third kappa shape index (κ3) is 3.82. The molecule has 0 bridgehead atoms. The molecule has 0 aromatic heterocycles. The van der Waals surface area contributed by atoms with E-state index in [1.807, 2.05) is 24.3 Å². The molecule has 0 spiro atoms. The highest BCUT2D eigenvalue weighted by atomic mass is 79.9. The Morgan fingerprint density at radius 2 is 1.89 bits per heavy atom. The molecular formula is C15H12BrClO2. The minimum absolute atomic E-state index is 0.0242. The molecule has 0 unspecified atom stereocenters.